The second kappa shape index (κ2) is 12.3. The van der Waals surface area contributed by atoms with Gasteiger partial charge in [0.05, 0.1) is 13.7 Å². The predicted octanol–water partition coefficient (Wildman–Crippen LogP) is 4.93. The first kappa shape index (κ1) is 18.8. The zero-order valence-electron chi connectivity index (χ0n) is 14.6. The Morgan fingerprint density at radius 1 is 0.955 bits per heavy atom. The summed E-state index contributed by atoms with van der Waals surface area (Å²) in [7, 11) is 1.70. The maximum Gasteiger partial charge on any atom is 0.165 e. The second-order valence-corrected chi connectivity index (χ2v) is 5.74. The molecule has 0 radical (unpaired) electrons. The molecule has 3 heteroatoms. The molecule has 1 rings (SSSR count). The van der Waals surface area contributed by atoms with Crippen LogP contribution in [-0.2, 0) is 6.54 Å². The molecular weight excluding hydrogens is 274 g/mol. The van der Waals surface area contributed by atoms with Gasteiger partial charge in [0, 0.05) is 12.1 Å². The molecule has 3 nitrogen and oxygen atoms in total. The summed E-state index contributed by atoms with van der Waals surface area (Å²) >= 11 is 0. The molecule has 22 heavy (non-hydrogen) atoms. The van der Waals surface area contributed by atoms with Crippen LogP contribution in [0.4, 0.5) is 0 Å². The highest BCUT2D eigenvalue weighted by atomic mass is 16.5. The quantitative estimate of drug-likeness (QED) is 0.524. The molecule has 0 aliphatic carbocycles. The van der Waals surface area contributed by atoms with Gasteiger partial charge in [-0.15, -0.1) is 0 Å². The lowest BCUT2D eigenvalue weighted by molar-refractivity contribution is 0.282. The van der Waals surface area contributed by atoms with E-state index in [0.29, 0.717) is 0 Å². The highest BCUT2D eigenvalue weighted by Gasteiger charge is 2.10. The first-order valence-electron chi connectivity index (χ1n) is 8.82. The normalized spacial score (nSPS) is 10.7. The predicted molar refractivity (Wildman–Crippen MR) is 93.9 cm³/mol. The zero-order valence-corrected chi connectivity index (χ0v) is 14.6. The lowest BCUT2D eigenvalue weighted by Gasteiger charge is -2.15. The fraction of sp³-hybridized carbons (Fsp3) is 0.684. The van der Waals surface area contributed by atoms with E-state index in [1.165, 1.54) is 44.1 Å². The summed E-state index contributed by atoms with van der Waals surface area (Å²) in [6.07, 6.45) is 8.67. The molecule has 1 aromatic rings. The van der Waals surface area contributed by atoms with E-state index in [0.717, 1.165) is 37.6 Å². The fourth-order valence-electron chi connectivity index (χ4n) is 2.45. The van der Waals surface area contributed by atoms with Crippen LogP contribution >= 0.6 is 0 Å². The summed E-state index contributed by atoms with van der Waals surface area (Å²) in [5.74, 6) is 1.74. The standard InChI is InChI=1S/C19H33NO2/c1-4-6-8-9-14-20-16-17-12-11-13-18(21-3)19(17)22-15-10-7-5-2/h11-13,20H,4-10,14-16H2,1-3H3. The van der Waals surface area contributed by atoms with Crippen molar-refractivity contribution in [2.24, 2.45) is 0 Å². The summed E-state index contributed by atoms with van der Waals surface area (Å²) in [6.45, 7) is 7.11. The van der Waals surface area contributed by atoms with Crippen molar-refractivity contribution >= 4 is 0 Å². The minimum Gasteiger partial charge on any atom is -0.493 e. The van der Waals surface area contributed by atoms with Gasteiger partial charge in [0.15, 0.2) is 11.5 Å². The molecule has 0 unspecified atom stereocenters. The van der Waals surface area contributed by atoms with E-state index in [9.17, 15) is 0 Å². The Bertz CT molecular complexity index is 393. The topological polar surface area (TPSA) is 30.5 Å². The number of benzene rings is 1. The number of para-hydroxylation sites is 1. The van der Waals surface area contributed by atoms with Crippen molar-refractivity contribution in [3.63, 3.8) is 0 Å². The van der Waals surface area contributed by atoms with Crippen molar-refractivity contribution in [1.29, 1.82) is 0 Å². The van der Waals surface area contributed by atoms with Crippen molar-refractivity contribution in [3.05, 3.63) is 23.8 Å². The number of rotatable bonds is 13. The van der Waals surface area contributed by atoms with Gasteiger partial charge in [0.1, 0.15) is 0 Å². The van der Waals surface area contributed by atoms with E-state index in [1.54, 1.807) is 7.11 Å². The smallest absolute Gasteiger partial charge is 0.165 e. The summed E-state index contributed by atoms with van der Waals surface area (Å²) in [4.78, 5) is 0. The first-order chi connectivity index (χ1) is 10.8. The van der Waals surface area contributed by atoms with E-state index >= 15 is 0 Å². The van der Waals surface area contributed by atoms with Gasteiger partial charge in [0.2, 0.25) is 0 Å². The van der Waals surface area contributed by atoms with Crippen LogP contribution in [0.2, 0.25) is 0 Å². The zero-order chi connectivity index (χ0) is 16.0. The molecule has 1 aromatic carbocycles. The van der Waals surface area contributed by atoms with Gasteiger partial charge < -0.3 is 14.8 Å². The Labute approximate surface area is 136 Å². The van der Waals surface area contributed by atoms with Crippen molar-refractivity contribution in [3.8, 4) is 11.5 Å². The Hall–Kier alpha value is -1.22. The maximum absolute atomic E-state index is 5.99. The number of hydrogen-bond acceptors (Lipinski definition) is 3. The van der Waals surface area contributed by atoms with Crippen molar-refractivity contribution in [2.75, 3.05) is 20.3 Å². The van der Waals surface area contributed by atoms with Gasteiger partial charge >= 0.3 is 0 Å². The van der Waals surface area contributed by atoms with E-state index in [2.05, 4.69) is 25.2 Å². The molecular formula is C19H33NO2. The third-order valence-corrected chi connectivity index (χ3v) is 3.80. The maximum atomic E-state index is 5.99. The van der Waals surface area contributed by atoms with Gasteiger partial charge in [-0.1, -0.05) is 58.1 Å². The van der Waals surface area contributed by atoms with E-state index in [-0.39, 0.29) is 0 Å². The average Bonchev–Trinajstić information content (AvgIpc) is 2.55. The summed E-state index contributed by atoms with van der Waals surface area (Å²) in [6, 6.07) is 6.13. The van der Waals surface area contributed by atoms with Crippen LogP contribution in [0.1, 0.15) is 64.4 Å². The fourth-order valence-corrected chi connectivity index (χ4v) is 2.45. The van der Waals surface area contributed by atoms with Crippen LogP contribution in [0.5, 0.6) is 11.5 Å². The van der Waals surface area contributed by atoms with E-state index in [1.807, 2.05) is 12.1 Å². The molecule has 0 spiro atoms. The Morgan fingerprint density at radius 2 is 1.73 bits per heavy atom. The Morgan fingerprint density at radius 3 is 2.45 bits per heavy atom. The van der Waals surface area contributed by atoms with E-state index in [4.69, 9.17) is 9.47 Å². The number of methoxy groups -OCH3 is 1. The molecule has 0 aromatic heterocycles. The molecule has 0 fully saturated rings. The minimum atomic E-state index is 0.762. The molecule has 0 aliphatic rings. The van der Waals surface area contributed by atoms with Gasteiger partial charge in [-0.05, 0) is 25.5 Å². The average molecular weight is 307 g/mol. The number of nitrogens with one attached hydrogen (secondary N) is 1. The van der Waals surface area contributed by atoms with Crippen LogP contribution in [-0.4, -0.2) is 20.3 Å². The van der Waals surface area contributed by atoms with Crippen LogP contribution in [0, 0.1) is 0 Å². The summed E-state index contributed by atoms with van der Waals surface area (Å²) in [5, 5.41) is 3.52. The third kappa shape index (κ3) is 7.17. The number of unbranched alkanes of at least 4 members (excludes halogenated alkanes) is 5. The SMILES string of the molecule is CCCCCCNCc1cccc(OC)c1OCCCCC. The van der Waals surface area contributed by atoms with Gasteiger partial charge in [-0.3, -0.25) is 0 Å². The van der Waals surface area contributed by atoms with Crippen LogP contribution in [0.3, 0.4) is 0 Å². The lowest BCUT2D eigenvalue weighted by atomic mass is 10.1. The van der Waals surface area contributed by atoms with E-state index < -0.39 is 0 Å². The second-order valence-electron chi connectivity index (χ2n) is 5.74. The molecule has 0 amide bonds. The van der Waals surface area contributed by atoms with Gasteiger partial charge in [-0.2, -0.15) is 0 Å². The molecule has 0 atom stereocenters. The highest BCUT2D eigenvalue weighted by Crippen LogP contribution is 2.31. The Balaban J connectivity index is 2.49. The first-order valence-corrected chi connectivity index (χ1v) is 8.82. The molecule has 0 heterocycles. The molecule has 126 valence electrons. The Kier molecular flexibility index (Phi) is 10.6. The lowest BCUT2D eigenvalue weighted by Crippen LogP contribution is -2.16. The summed E-state index contributed by atoms with van der Waals surface area (Å²) in [5.41, 5.74) is 1.19. The van der Waals surface area contributed by atoms with Crippen molar-refractivity contribution in [1.82, 2.24) is 5.32 Å². The largest absolute Gasteiger partial charge is 0.493 e. The van der Waals surface area contributed by atoms with Crippen LogP contribution in [0.25, 0.3) is 0 Å². The number of hydrogen-bond donors (Lipinski definition) is 1. The molecule has 1 N–H and O–H groups in total. The molecule has 0 saturated carbocycles. The molecule has 0 saturated heterocycles. The summed E-state index contributed by atoms with van der Waals surface area (Å²) < 4.78 is 11.4. The monoisotopic (exact) mass is 307 g/mol. The van der Waals surface area contributed by atoms with Crippen LogP contribution in [0.15, 0.2) is 18.2 Å². The van der Waals surface area contributed by atoms with Crippen molar-refractivity contribution in [2.45, 2.75) is 65.3 Å². The highest BCUT2D eigenvalue weighted by molar-refractivity contribution is 5.46. The molecule has 0 aliphatic heterocycles. The van der Waals surface area contributed by atoms with Crippen molar-refractivity contribution < 1.29 is 9.47 Å². The number of ether oxygens (including phenoxy) is 2. The minimum absolute atomic E-state index is 0.762. The van der Waals surface area contributed by atoms with Gasteiger partial charge in [0.25, 0.3) is 0 Å². The van der Waals surface area contributed by atoms with Crippen LogP contribution < -0.4 is 14.8 Å². The molecule has 0 bridgehead atoms. The van der Waals surface area contributed by atoms with Gasteiger partial charge in [-0.25, -0.2) is 0 Å². The third-order valence-electron chi connectivity index (χ3n) is 3.80.